The number of fused-ring (bicyclic) bond motifs is 4. The van der Waals surface area contributed by atoms with Gasteiger partial charge in [-0.15, -0.1) is 23.2 Å². The lowest BCUT2D eigenvalue weighted by Gasteiger charge is -2.50. The molecule has 8 nitrogen and oxygen atoms in total. The third-order valence-electron chi connectivity index (χ3n) is 10.7. The first-order chi connectivity index (χ1) is 26.3. The van der Waals surface area contributed by atoms with E-state index in [-0.39, 0.29) is 43.6 Å². The molecular formula is C35H18Cl2F11IN2O6. The van der Waals surface area contributed by atoms with Crippen LogP contribution in [0.2, 0.25) is 0 Å². The van der Waals surface area contributed by atoms with Gasteiger partial charge in [0.2, 0.25) is 17.6 Å². The van der Waals surface area contributed by atoms with Gasteiger partial charge in [-0.2, -0.15) is 26.3 Å². The Bertz CT molecular complexity index is 2330. The van der Waals surface area contributed by atoms with Gasteiger partial charge in [0, 0.05) is 5.92 Å². The van der Waals surface area contributed by atoms with Crippen LogP contribution in [-0.4, -0.2) is 45.6 Å². The van der Waals surface area contributed by atoms with Crippen molar-refractivity contribution in [3.8, 4) is 11.5 Å². The van der Waals surface area contributed by atoms with Crippen LogP contribution in [0.15, 0.2) is 42.0 Å². The number of hydrogen-bond donors (Lipinski definition) is 1. The number of hydrogen-bond acceptors (Lipinski definition) is 6. The fourth-order valence-electron chi connectivity index (χ4n) is 8.18. The molecule has 0 radical (unpaired) electrons. The zero-order valence-corrected chi connectivity index (χ0v) is 31.5. The quantitative estimate of drug-likeness (QED) is 0.0536. The van der Waals surface area contributed by atoms with Gasteiger partial charge in [0.25, 0.3) is 11.8 Å². The summed E-state index contributed by atoms with van der Waals surface area (Å²) < 4.78 is 162. The van der Waals surface area contributed by atoms with E-state index in [1.165, 1.54) is 12.1 Å². The second kappa shape index (κ2) is 13.2. The summed E-state index contributed by atoms with van der Waals surface area (Å²) in [6.07, 6.45) is -11.0. The van der Waals surface area contributed by atoms with Gasteiger partial charge in [-0.3, -0.25) is 19.2 Å². The molecule has 2 heterocycles. The molecule has 4 amide bonds. The standard InChI is InChI=1S/C35H18Cl2F11IN2O6/c1-57-18-5-10(4-17(49)27(18)52)20-14-2-3-15-19(29(54)50(28(15)53)13-7-11(34(43,44)45)6-12(8-13)35(46,47)48)16(14)9-32(36)30(55)51(31(56)33(20,32)37)26-24(41)22(39)21(38)23(40)25(26)42/h2,4-8,15-16,19-20,52H,3,9H2,1H3/t15-,16+,19-,20-,32+,33-/m0/s1. The molecule has 2 aliphatic heterocycles. The van der Waals surface area contributed by atoms with Gasteiger partial charge in [0.1, 0.15) is 5.69 Å². The fraction of sp³-hybridized carbons (Fsp3) is 0.314. The Morgan fingerprint density at radius 3 is 1.84 bits per heavy atom. The fourth-order valence-corrected chi connectivity index (χ4v) is 9.74. The summed E-state index contributed by atoms with van der Waals surface area (Å²) in [6, 6.07) is 2.36. The second-order valence-electron chi connectivity index (χ2n) is 13.5. The number of allylic oxidation sites excluding steroid dienone is 2. The molecule has 2 saturated heterocycles. The highest BCUT2D eigenvalue weighted by Gasteiger charge is 2.77. The van der Waals surface area contributed by atoms with Crippen LogP contribution in [0.5, 0.6) is 11.5 Å². The Morgan fingerprint density at radius 2 is 1.32 bits per heavy atom. The summed E-state index contributed by atoms with van der Waals surface area (Å²) in [5, 5.41) is 10.6. The summed E-state index contributed by atoms with van der Waals surface area (Å²) in [5.41, 5.74) is -7.11. The summed E-state index contributed by atoms with van der Waals surface area (Å²) in [4.78, 5) is 50.6. The largest absolute Gasteiger partial charge is 0.504 e. The zero-order chi connectivity index (χ0) is 42.2. The Balaban J connectivity index is 1.44. The molecule has 3 aromatic carbocycles. The molecule has 4 aliphatic rings. The molecule has 302 valence electrons. The highest BCUT2D eigenvalue weighted by molar-refractivity contribution is 14.1. The zero-order valence-electron chi connectivity index (χ0n) is 27.9. The van der Waals surface area contributed by atoms with E-state index in [1.807, 2.05) is 0 Å². The van der Waals surface area contributed by atoms with Crippen molar-refractivity contribution in [1.82, 2.24) is 0 Å². The number of nitrogens with zero attached hydrogens (tertiary/aromatic N) is 2. The lowest BCUT2D eigenvalue weighted by molar-refractivity contribution is -0.143. The van der Waals surface area contributed by atoms with E-state index in [4.69, 9.17) is 27.9 Å². The molecule has 0 unspecified atom stereocenters. The SMILES string of the molecule is COc1cc([C@H]2C3=CC[C@@H]4C(=O)N(c5cc(C(F)(F)F)cc(C(F)(F)F)c5)C(=O)[C@@H]4[C@@H]3C[C@@]3(Cl)C(=O)N(c4c(F)c(F)c(F)c(F)c4F)C(=O)[C@@]23Cl)cc(I)c1O. The van der Waals surface area contributed by atoms with Crippen LogP contribution < -0.4 is 14.5 Å². The number of benzene rings is 3. The minimum absolute atomic E-state index is 0.00416. The third-order valence-corrected chi connectivity index (χ3v) is 12.9. The average Bonchev–Trinajstić information content (AvgIpc) is 3.48. The molecule has 1 saturated carbocycles. The Labute approximate surface area is 335 Å². The Morgan fingerprint density at radius 1 is 0.772 bits per heavy atom. The minimum Gasteiger partial charge on any atom is -0.504 e. The number of ether oxygens (including phenoxy) is 1. The maximum atomic E-state index is 15.3. The van der Waals surface area contributed by atoms with E-state index in [9.17, 15) is 63.8 Å². The normalized spacial score (nSPS) is 27.5. The Kier molecular flexibility index (Phi) is 9.47. The number of methoxy groups -OCH3 is 1. The van der Waals surface area contributed by atoms with Crippen molar-refractivity contribution in [2.75, 3.05) is 16.9 Å². The maximum absolute atomic E-state index is 15.3. The molecule has 57 heavy (non-hydrogen) atoms. The van der Waals surface area contributed by atoms with Gasteiger partial charge in [-0.1, -0.05) is 11.6 Å². The van der Waals surface area contributed by atoms with Crippen molar-refractivity contribution in [2.45, 2.75) is 40.9 Å². The van der Waals surface area contributed by atoms with Crippen LogP contribution in [0, 0.1) is 50.4 Å². The molecule has 2 aliphatic carbocycles. The van der Waals surface area contributed by atoms with Crippen molar-refractivity contribution in [3.63, 3.8) is 0 Å². The predicted molar refractivity (Wildman–Crippen MR) is 183 cm³/mol. The van der Waals surface area contributed by atoms with Crippen molar-refractivity contribution in [3.05, 3.63) is 91.3 Å². The van der Waals surface area contributed by atoms with Crippen LogP contribution in [0.1, 0.15) is 35.4 Å². The van der Waals surface area contributed by atoms with Crippen molar-refractivity contribution in [1.29, 1.82) is 0 Å². The van der Waals surface area contributed by atoms with Gasteiger partial charge in [-0.05, 0) is 77.2 Å². The summed E-state index contributed by atoms with van der Waals surface area (Å²) in [6.45, 7) is 0. The maximum Gasteiger partial charge on any atom is 0.416 e. The van der Waals surface area contributed by atoms with Crippen molar-refractivity contribution in [2.24, 2.45) is 17.8 Å². The highest BCUT2D eigenvalue weighted by atomic mass is 127. The number of alkyl halides is 8. The number of aromatic hydroxyl groups is 1. The number of carbonyl (C=O) groups excluding carboxylic acids is 4. The molecule has 6 atom stereocenters. The van der Waals surface area contributed by atoms with E-state index in [2.05, 4.69) is 0 Å². The minimum atomic E-state index is -5.38. The first kappa shape index (κ1) is 41.0. The van der Waals surface area contributed by atoms with E-state index in [1.54, 1.807) is 22.6 Å². The van der Waals surface area contributed by atoms with Gasteiger partial charge >= 0.3 is 12.4 Å². The molecule has 0 spiro atoms. The van der Waals surface area contributed by atoms with Gasteiger partial charge < -0.3 is 9.84 Å². The molecule has 0 bridgehead atoms. The monoisotopic (exact) mass is 968 g/mol. The smallest absolute Gasteiger partial charge is 0.416 e. The lowest BCUT2D eigenvalue weighted by Crippen LogP contribution is -2.60. The molecule has 7 rings (SSSR count). The molecule has 0 aromatic heterocycles. The number of halogens is 14. The third kappa shape index (κ3) is 5.65. The van der Waals surface area contributed by atoms with E-state index < -0.39 is 144 Å². The lowest BCUT2D eigenvalue weighted by atomic mass is 9.56. The predicted octanol–water partition coefficient (Wildman–Crippen LogP) is 8.51. The van der Waals surface area contributed by atoms with Gasteiger partial charge in [-0.25, -0.2) is 31.8 Å². The van der Waals surface area contributed by atoms with Crippen molar-refractivity contribution >= 4 is 80.8 Å². The first-order valence-electron chi connectivity index (χ1n) is 16.0. The molecule has 1 N–H and O–H groups in total. The summed E-state index contributed by atoms with van der Waals surface area (Å²) in [5.74, 6) is -26.7. The van der Waals surface area contributed by atoms with Crippen molar-refractivity contribution < 1.29 is 77.3 Å². The van der Waals surface area contributed by atoms with E-state index in [0.717, 1.165) is 13.2 Å². The summed E-state index contributed by atoms with van der Waals surface area (Å²) >= 11 is 15.7. The number of imide groups is 2. The number of phenols is 1. The number of carbonyl (C=O) groups is 4. The van der Waals surface area contributed by atoms with Crippen LogP contribution in [-0.2, 0) is 31.5 Å². The number of amides is 4. The van der Waals surface area contributed by atoms with E-state index in [0.29, 0.717) is 0 Å². The number of anilines is 2. The molecule has 22 heteroatoms. The first-order valence-corrected chi connectivity index (χ1v) is 17.9. The van der Waals surface area contributed by atoms with Crippen LogP contribution in [0.25, 0.3) is 0 Å². The summed E-state index contributed by atoms with van der Waals surface area (Å²) in [7, 11) is 1.11. The highest BCUT2D eigenvalue weighted by Crippen LogP contribution is 2.66. The van der Waals surface area contributed by atoms with Crippen LogP contribution in [0.3, 0.4) is 0 Å². The average molecular weight is 969 g/mol. The Hall–Kier alpha value is -4.18. The van der Waals surface area contributed by atoms with E-state index >= 15 is 8.78 Å². The topological polar surface area (TPSA) is 104 Å². The molecule has 3 aromatic rings. The second-order valence-corrected chi connectivity index (χ2v) is 15.9. The molecular weight excluding hydrogens is 951 g/mol. The number of rotatable bonds is 4. The van der Waals surface area contributed by atoms with Gasteiger partial charge in [0.15, 0.2) is 44.5 Å². The van der Waals surface area contributed by atoms with Crippen LogP contribution in [0.4, 0.5) is 59.7 Å². The molecule has 3 fully saturated rings. The van der Waals surface area contributed by atoms with Gasteiger partial charge in [0.05, 0.1) is 39.3 Å². The van der Waals surface area contributed by atoms with Crippen LogP contribution >= 0.6 is 45.8 Å². The number of phenolic OH excluding ortho intramolecular Hbond substituents is 1.